The van der Waals surface area contributed by atoms with Crippen LogP contribution in [0.2, 0.25) is 0 Å². The molecule has 0 aromatic rings. The van der Waals surface area contributed by atoms with Gasteiger partial charge in [0.1, 0.15) is 5.54 Å². The molecule has 0 N–H and O–H groups in total. The molecule has 2 heterocycles. The van der Waals surface area contributed by atoms with Crippen molar-refractivity contribution in [3.63, 3.8) is 0 Å². The number of fused-ring (bicyclic) bond motifs is 1. The van der Waals surface area contributed by atoms with Crippen LogP contribution >= 0.6 is 0 Å². The van der Waals surface area contributed by atoms with Crippen LogP contribution in [0.3, 0.4) is 0 Å². The lowest BCUT2D eigenvalue weighted by molar-refractivity contribution is -0.145. The van der Waals surface area contributed by atoms with Gasteiger partial charge < -0.3 is 4.74 Å². The van der Waals surface area contributed by atoms with Crippen LogP contribution in [0.15, 0.2) is 0 Å². The fourth-order valence-electron chi connectivity index (χ4n) is 2.50. The average Bonchev–Trinajstić information content (AvgIpc) is 2.55. The van der Waals surface area contributed by atoms with Crippen LogP contribution < -0.4 is 0 Å². The minimum absolute atomic E-state index is 0.0000463. The fourth-order valence-corrected chi connectivity index (χ4v) is 2.50. The van der Waals surface area contributed by atoms with E-state index >= 15 is 0 Å². The van der Waals surface area contributed by atoms with Gasteiger partial charge in [0.25, 0.3) is 0 Å². The highest BCUT2D eigenvalue weighted by atomic mass is 16.6. The molecular weight excluding hydrogens is 154 g/mol. The summed E-state index contributed by atoms with van der Waals surface area (Å²) in [5, 5.41) is 0. The van der Waals surface area contributed by atoms with Gasteiger partial charge in [-0.2, -0.15) is 0 Å². The quantitative estimate of drug-likeness (QED) is 0.551. The molecule has 3 heteroatoms. The second-order valence-electron chi connectivity index (χ2n) is 3.69. The number of nitrogens with zero attached hydrogens (tertiary/aromatic N) is 1. The van der Waals surface area contributed by atoms with Crippen molar-refractivity contribution in [3.05, 3.63) is 0 Å². The molecule has 68 valence electrons. The Kier molecular flexibility index (Phi) is 1.65. The van der Waals surface area contributed by atoms with Crippen LogP contribution in [0.4, 0.5) is 0 Å². The van der Waals surface area contributed by atoms with Crippen LogP contribution in [-0.4, -0.2) is 29.2 Å². The highest BCUT2D eigenvalue weighted by Gasteiger charge is 2.55. The van der Waals surface area contributed by atoms with E-state index < -0.39 is 0 Å². The van der Waals surface area contributed by atoms with Crippen molar-refractivity contribution in [3.8, 4) is 0 Å². The molecule has 2 aliphatic rings. The third-order valence-electron chi connectivity index (χ3n) is 3.22. The Morgan fingerprint density at radius 3 is 3.08 bits per heavy atom. The molecule has 2 saturated heterocycles. The summed E-state index contributed by atoms with van der Waals surface area (Å²) in [4.78, 5) is 13.8. The molecule has 0 unspecified atom stereocenters. The van der Waals surface area contributed by atoms with E-state index in [-0.39, 0.29) is 17.7 Å². The van der Waals surface area contributed by atoms with Crippen molar-refractivity contribution < 1.29 is 9.53 Å². The number of rotatable bonds is 1. The van der Waals surface area contributed by atoms with E-state index in [1.54, 1.807) is 0 Å². The molecule has 0 aromatic carbocycles. The monoisotopic (exact) mass is 169 g/mol. The Bertz CT molecular complexity index is 217. The van der Waals surface area contributed by atoms with Gasteiger partial charge in [-0.3, -0.25) is 4.90 Å². The highest BCUT2D eigenvalue weighted by Crippen LogP contribution is 2.40. The third kappa shape index (κ3) is 0.774. The molecule has 0 radical (unpaired) electrons. The van der Waals surface area contributed by atoms with Crippen molar-refractivity contribution >= 4 is 5.97 Å². The number of cyclic esters (lactones) is 1. The van der Waals surface area contributed by atoms with Gasteiger partial charge in [-0.25, -0.2) is 4.79 Å². The summed E-state index contributed by atoms with van der Waals surface area (Å²) >= 11 is 0. The molecule has 2 fully saturated rings. The summed E-state index contributed by atoms with van der Waals surface area (Å²) < 4.78 is 5.21. The zero-order valence-corrected chi connectivity index (χ0v) is 7.67. The van der Waals surface area contributed by atoms with Gasteiger partial charge in [0, 0.05) is 6.54 Å². The number of hydrogen-bond donors (Lipinski definition) is 0. The van der Waals surface area contributed by atoms with E-state index in [1.807, 2.05) is 6.92 Å². The molecule has 0 spiro atoms. The summed E-state index contributed by atoms with van der Waals surface area (Å²) in [6, 6.07) is 0. The zero-order valence-electron chi connectivity index (χ0n) is 7.67. The number of hydrogen-bond acceptors (Lipinski definition) is 3. The van der Waals surface area contributed by atoms with Gasteiger partial charge >= 0.3 is 5.97 Å². The van der Waals surface area contributed by atoms with E-state index in [9.17, 15) is 4.79 Å². The molecule has 0 saturated carbocycles. The van der Waals surface area contributed by atoms with Crippen LogP contribution in [-0.2, 0) is 9.53 Å². The number of carbonyl (C=O) groups excluding carboxylic acids is 1. The molecule has 0 aromatic heterocycles. The molecule has 3 nitrogen and oxygen atoms in total. The van der Waals surface area contributed by atoms with E-state index in [1.165, 1.54) is 0 Å². The molecule has 2 atom stereocenters. The van der Waals surface area contributed by atoms with Crippen molar-refractivity contribution in [1.82, 2.24) is 4.90 Å². The maximum Gasteiger partial charge on any atom is 0.328 e. The van der Waals surface area contributed by atoms with E-state index in [2.05, 4.69) is 11.8 Å². The van der Waals surface area contributed by atoms with Crippen molar-refractivity contribution in [2.45, 2.75) is 44.9 Å². The lowest BCUT2D eigenvalue weighted by Gasteiger charge is -2.26. The Hall–Kier alpha value is -0.570. The Morgan fingerprint density at radius 2 is 2.50 bits per heavy atom. The average molecular weight is 169 g/mol. The largest absolute Gasteiger partial charge is 0.445 e. The van der Waals surface area contributed by atoms with E-state index in [0.29, 0.717) is 0 Å². The van der Waals surface area contributed by atoms with Gasteiger partial charge in [0.2, 0.25) is 0 Å². The van der Waals surface area contributed by atoms with Crippen LogP contribution in [0.5, 0.6) is 0 Å². The predicted octanol–water partition coefficient (Wildman–Crippen LogP) is 1.13. The standard InChI is InChI=1S/C9H15NO2/c1-3-9-5-4-6-10(9)7(2)12-8(9)11/h7H,3-6H2,1-2H3/t7-,9+/m1/s1. The molecule has 0 aliphatic carbocycles. The van der Waals surface area contributed by atoms with Crippen LogP contribution in [0.1, 0.15) is 33.1 Å². The first-order valence-corrected chi connectivity index (χ1v) is 4.68. The second-order valence-corrected chi connectivity index (χ2v) is 3.69. The lowest BCUT2D eigenvalue weighted by Crippen LogP contribution is -2.44. The second kappa shape index (κ2) is 2.46. The van der Waals surface area contributed by atoms with Crippen molar-refractivity contribution in [2.24, 2.45) is 0 Å². The SMILES string of the molecule is CC[C@@]12CCCN1[C@@H](C)OC2=O. The highest BCUT2D eigenvalue weighted by molar-refractivity contribution is 5.83. The van der Waals surface area contributed by atoms with E-state index in [4.69, 9.17) is 4.74 Å². The molecule has 0 bridgehead atoms. The normalized spacial score (nSPS) is 41.5. The maximum atomic E-state index is 11.6. The third-order valence-corrected chi connectivity index (χ3v) is 3.22. The summed E-state index contributed by atoms with van der Waals surface area (Å²) in [5.74, 6) is -0.00463. The minimum Gasteiger partial charge on any atom is -0.445 e. The molecule has 0 amide bonds. The van der Waals surface area contributed by atoms with Gasteiger partial charge in [-0.15, -0.1) is 0 Å². The Labute approximate surface area is 72.7 Å². The zero-order chi connectivity index (χ0) is 8.77. The summed E-state index contributed by atoms with van der Waals surface area (Å²) in [6.45, 7) is 5.04. The van der Waals surface area contributed by atoms with Crippen molar-refractivity contribution in [1.29, 1.82) is 0 Å². The first-order valence-electron chi connectivity index (χ1n) is 4.68. The Morgan fingerprint density at radius 1 is 1.75 bits per heavy atom. The maximum absolute atomic E-state index is 11.6. The first kappa shape index (κ1) is 8.05. The summed E-state index contributed by atoms with van der Waals surface area (Å²) in [5.41, 5.74) is -0.251. The van der Waals surface area contributed by atoms with E-state index in [0.717, 1.165) is 25.8 Å². The molecular formula is C9H15NO2. The number of esters is 1. The van der Waals surface area contributed by atoms with Gasteiger partial charge in [0.05, 0.1) is 0 Å². The minimum atomic E-state index is -0.251. The van der Waals surface area contributed by atoms with Crippen LogP contribution in [0.25, 0.3) is 0 Å². The number of ether oxygens (including phenoxy) is 1. The Balaban J connectivity index is 2.32. The van der Waals surface area contributed by atoms with Gasteiger partial charge in [-0.05, 0) is 26.2 Å². The summed E-state index contributed by atoms with van der Waals surface area (Å²) in [7, 11) is 0. The smallest absolute Gasteiger partial charge is 0.328 e. The van der Waals surface area contributed by atoms with Crippen LogP contribution in [0, 0.1) is 0 Å². The molecule has 12 heavy (non-hydrogen) atoms. The molecule has 2 aliphatic heterocycles. The lowest BCUT2D eigenvalue weighted by atomic mass is 9.94. The first-order chi connectivity index (χ1) is 5.70. The fraction of sp³-hybridized carbons (Fsp3) is 0.889. The topological polar surface area (TPSA) is 29.5 Å². The van der Waals surface area contributed by atoms with Gasteiger partial charge in [-0.1, -0.05) is 6.92 Å². The summed E-state index contributed by atoms with van der Waals surface area (Å²) in [6.07, 6.45) is 3.00. The predicted molar refractivity (Wildman–Crippen MR) is 44.5 cm³/mol. The molecule has 2 rings (SSSR count). The van der Waals surface area contributed by atoms with Crippen molar-refractivity contribution in [2.75, 3.05) is 6.54 Å². The number of carbonyl (C=O) groups is 1. The van der Waals surface area contributed by atoms with Gasteiger partial charge in [0.15, 0.2) is 6.23 Å².